The lowest BCUT2D eigenvalue weighted by Gasteiger charge is -2.23. The zero-order valence-electron chi connectivity index (χ0n) is 9.60. The zero-order valence-corrected chi connectivity index (χ0v) is 12.7. The van der Waals surface area contributed by atoms with Gasteiger partial charge in [-0.1, -0.05) is 52.0 Å². The van der Waals surface area contributed by atoms with Crippen molar-refractivity contribution in [3.63, 3.8) is 0 Å². The Bertz CT molecular complexity index is 464. The number of rotatable bonds is 2. The Morgan fingerprint density at radius 2 is 1.78 bits per heavy atom. The van der Waals surface area contributed by atoms with Gasteiger partial charge >= 0.3 is 0 Å². The van der Waals surface area contributed by atoms with Crippen molar-refractivity contribution in [1.82, 2.24) is 0 Å². The SMILES string of the molecule is NC1(C(=O)Nc2c(Cl)cc(Br)cc2Cl)CCCC1. The quantitative estimate of drug-likeness (QED) is 0.847. The maximum absolute atomic E-state index is 12.2. The summed E-state index contributed by atoms with van der Waals surface area (Å²) in [5.74, 6) is -0.217. The number of hydrogen-bond donors (Lipinski definition) is 2. The summed E-state index contributed by atoms with van der Waals surface area (Å²) >= 11 is 15.4. The van der Waals surface area contributed by atoms with Crippen molar-refractivity contribution < 1.29 is 4.79 Å². The largest absolute Gasteiger partial charge is 0.322 e. The van der Waals surface area contributed by atoms with Crippen LogP contribution < -0.4 is 11.1 Å². The van der Waals surface area contributed by atoms with Gasteiger partial charge in [0.15, 0.2) is 0 Å². The summed E-state index contributed by atoms with van der Waals surface area (Å²) in [5.41, 5.74) is 5.70. The maximum Gasteiger partial charge on any atom is 0.244 e. The summed E-state index contributed by atoms with van der Waals surface area (Å²) < 4.78 is 0.763. The Kier molecular flexibility index (Phi) is 4.22. The molecule has 0 aliphatic heterocycles. The molecule has 98 valence electrons. The Morgan fingerprint density at radius 1 is 1.28 bits per heavy atom. The molecule has 1 aliphatic carbocycles. The van der Waals surface area contributed by atoms with Crippen molar-refractivity contribution in [3.8, 4) is 0 Å². The lowest BCUT2D eigenvalue weighted by molar-refractivity contribution is -0.121. The van der Waals surface area contributed by atoms with E-state index >= 15 is 0 Å². The number of amides is 1. The van der Waals surface area contributed by atoms with E-state index in [1.807, 2.05) is 0 Å². The Balaban J connectivity index is 2.22. The molecule has 1 fully saturated rings. The molecule has 1 amide bonds. The van der Waals surface area contributed by atoms with Crippen LogP contribution in [0, 0.1) is 0 Å². The van der Waals surface area contributed by atoms with Crippen LogP contribution in [-0.4, -0.2) is 11.4 Å². The molecule has 3 nitrogen and oxygen atoms in total. The minimum atomic E-state index is -0.792. The fourth-order valence-electron chi connectivity index (χ4n) is 2.13. The van der Waals surface area contributed by atoms with Crippen LogP contribution in [0.3, 0.4) is 0 Å². The number of hydrogen-bond acceptors (Lipinski definition) is 2. The summed E-state index contributed by atoms with van der Waals surface area (Å²) in [6, 6.07) is 3.36. The summed E-state index contributed by atoms with van der Waals surface area (Å²) in [4.78, 5) is 12.2. The minimum absolute atomic E-state index is 0.217. The van der Waals surface area contributed by atoms with E-state index in [2.05, 4.69) is 21.2 Å². The highest BCUT2D eigenvalue weighted by atomic mass is 79.9. The molecular weight excluding hydrogens is 339 g/mol. The van der Waals surface area contributed by atoms with Crippen LogP contribution in [-0.2, 0) is 4.79 Å². The van der Waals surface area contributed by atoms with Gasteiger partial charge in [-0.05, 0) is 25.0 Å². The lowest BCUT2D eigenvalue weighted by atomic mass is 9.98. The van der Waals surface area contributed by atoms with Gasteiger partial charge in [0.2, 0.25) is 5.91 Å². The molecule has 3 N–H and O–H groups in total. The molecule has 0 aromatic heterocycles. The molecule has 0 saturated heterocycles. The van der Waals surface area contributed by atoms with E-state index in [0.717, 1.165) is 17.3 Å². The number of benzene rings is 1. The molecule has 0 spiro atoms. The molecule has 1 saturated carbocycles. The first-order valence-electron chi connectivity index (χ1n) is 5.67. The first kappa shape index (κ1) is 14.1. The van der Waals surface area contributed by atoms with Gasteiger partial charge in [-0.15, -0.1) is 0 Å². The number of carbonyl (C=O) groups is 1. The predicted molar refractivity (Wildman–Crippen MR) is 78.2 cm³/mol. The van der Waals surface area contributed by atoms with E-state index in [1.54, 1.807) is 12.1 Å². The highest BCUT2D eigenvalue weighted by Crippen LogP contribution is 2.35. The molecule has 0 atom stereocenters. The normalized spacial score (nSPS) is 17.8. The Morgan fingerprint density at radius 3 is 2.28 bits per heavy atom. The van der Waals surface area contributed by atoms with E-state index in [0.29, 0.717) is 28.6 Å². The number of nitrogens with two attached hydrogens (primary N) is 1. The first-order valence-corrected chi connectivity index (χ1v) is 7.22. The molecule has 1 aromatic carbocycles. The molecule has 1 aromatic rings. The molecular formula is C12H13BrCl2N2O. The van der Waals surface area contributed by atoms with Gasteiger partial charge in [-0.2, -0.15) is 0 Å². The van der Waals surface area contributed by atoms with E-state index in [9.17, 15) is 4.79 Å². The summed E-state index contributed by atoms with van der Waals surface area (Å²) in [6.45, 7) is 0. The second kappa shape index (κ2) is 5.37. The maximum atomic E-state index is 12.2. The van der Waals surface area contributed by atoms with Crippen molar-refractivity contribution in [2.45, 2.75) is 31.2 Å². The highest BCUT2D eigenvalue weighted by molar-refractivity contribution is 9.10. The molecule has 6 heteroatoms. The number of carbonyl (C=O) groups excluding carboxylic acids is 1. The standard InChI is InChI=1S/C12H13BrCl2N2O/c13-7-5-8(14)10(9(15)6-7)17-11(18)12(16)3-1-2-4-12/h5-6H,1-4,16H2,(H,17,18). The van der Waals surface area contributed by atoms with E-state index in [4.69, 9.17) is 28.9 Å². The van der Waals surface area contributed by atoms with Crippen molar-refractivity contribution in [1.29, 1.82) is 0 Å². The third-order valence-corrected chi connectivity index (χ3v) is 4.25. The molecule has 0 bridgehead atoms. The van der Waals surface area contributed by atoms with Crippen LogP contribution in [0.1, 0.15) is 25.7 Å². The van der Waals surface area contributed by atoms with Crippen LogP contribution in [0.5, 0.6) is 0 Å². The Labute approximate surface area is 124 Å². The molecule has 18 heavy (non-hydrogen) atoms. The highest BCUT2D eigenvalue weighted by Gasteiger charge is 2.37. The van der Waals surface area contributed by atoms with Gasteiger partial charge in [-0.3, -0.25) is 4.79 Å². The molecule has 2 rings (SSSR count). The van der Waals surface area contributed by atoms with Crippen LogP contribution in [0.2, 0.25) is 10.0 Å². The minimum Gasteiger partial charge on any atom is -0.322 e. The summed E-state index contributed by atoms with van der Waals surface area (Å²) in [5, 5.41) is 3.53. The van der Waals surface area contributed by atoms with Crippen LogP contribution in [0.15, 0.2) is 16.6 Å². The van der Waals surface area contributed by atoms with Crippen molar-refractivity contribution >= 4 is 50.7 Å². The van der Waals surface area contributed by atoms with Gasteiger partial charge in [0, 0.05) is 4.47 Å². The van der Waals surface area contributed by atoms with Crippen LogP contribution in [0.25, 0.3) is 0 Å². The average Bonchev–Trinajstić information content (AvgIpc) is 2.71. The second-order valence-electron chi connectivity index (χ2n) is 4.56. The predicted octanol–water partition coefficient (Wildman–Crippen LogP) is 3.97. The van der Waals surface area contributed by atoms with Gasteiger partial charge in [0.05, 0.1) is 21.3 Å². The summed E-state index contributed by atoms with van der Waals surface area (Å²) in [7, 11) is 0. The van der Waals surface area contributed by atoms with E-state index in [1.165, 1.54) is 0 Å². The topological polar surface area (TPSA) is 55.1 Å². The van der Waals surface area contributed by atoms with Crippen molar-refractivity contribution in [2.24, 2.45) is 5.73 Å². The average molecular weight is 352 g/mol. The fourth-order valence-corrected chi connectivity index (χ4v) is 3.44. The first-order chi connectivity index (χ1) is 8.42. The lowest BCUT2D eigenvalue weighted by Crippen LogP contribution is -2.48. The van der Waals surface area contributed by atoms with Crippen molar-refractivity contribution in [2.75, 3.05) is 5.32 Å². The fraction of sp³-hybridized carbons (Fsp3) is 0.417. The molecule has 1 aliphatic rings. The Hall–Kier alpha value is -0.290. The van der Waals surface area contributed by atoms with E-state index in [-0.39, 0.29) is 5.91 Å². The number of nitrogens with one attached hydrogen (secondary N) is 1. The second-order valence-corrected chi connectivity index (χ2v) is 6.29. The molecule has 0 heterocycles. The zero-order chi connectivity index (χ0) is 13.3. The summed E-state index contributed by atoms with van der Waals surface area (Å²) in [6.07, 6.45) is 3.35. The smallest absolute Gasteiger partial charge is 0.244 e. The van der Waals surface area contributed by atoms with Gasteiger partial charge in [0.1, 0.15) is 0 Å². The van der Waals surface area contributed by atoms with Gasteiger partial charge in [0.25, 0.3) is 0 Å². The molecule has 0 unspecified atom stereocenters. The monoisotopic (exact) mass is 350 g/mol. The van der Waals surface area contributed by atoms with Gasteiger partial charge in [-0.25, -0.2) is 0 Å². The third-order valence-electron chi connectivity index (χ3n) is 3.19. The van der Waals surface area contributed by atoms with Crippen LogP contribution >= 0.6 is 39.1 Å². The number of anilines is 1. The van der Waals surface area contributed by atoms with Gasteiger partial charge < -0.3 is 11.1 Å². The number of halogens is 3. The molecule has 0 radical (unpaired) electrons. The van der Waals surface area contributed by atoms with E-state index < -0.39 is 5.54 Å². The van der Waals surface area contributed by atoms with Crippen molar-refractivity contribution in [3.05, 3.63) is 26.7 Å². The third kappa shape index (κ3) is 2.82. The van der Waals surface area contributed by atoms with Crippen LogP contribution in [0.4, 0.5) is 5.69 Å².